The largest absolute Gasteiger partial charge is 0.454 e. The monoisotopic (exact) mass is 417 g/mol. The van der Waals surface area contributed by atoms with Crippen LogP contribution in [0, 0.1) is 17.0 Å². The van der Waals surface area contributed by atoms with Gasteiger partial charge in [-0.15, -0.1) is 0 Å². The predicted molar refractivity (Wildman–Crippen MR) is 113 cm³/mol. The molecule has 8 heteroatoms. The number of carbonyl (C=O) groups excluding carboxylic acids is 1. The Bertz CT molecular complexity index is 1210. The fraction of sp³-hybridized carbons (Fsp3) is 0.174. The van der Waals surface area contributed by atoms with E-state index in [0.717, 1.165) is 5.56 Å². The molecule has 0 aromatic heterocycles. The molecule has 2 aliphatic heterocycles. The maximum atomic E-state index is 13.4. The van der Waals surface area contributed by atoms with E-state index in [1.807, 2.05) is 42.5 Å². The lowest BCUT2D eigenvalue weighted by Crippen LogP contribution is -2.42. The molecule has 0 unspecified atom stereocenters. The third-order valence-electron chi connectivity index (χ3n) is 5.56. The van der Waals surface area contributed by atoms with Crippen molar-refractivity contribution in [2.24, 2.45) is 0 Å². The molecule has 5 rings (SSSR count). The number of hydrogen-bond donors (Lipinski definition) is 1. The first-order valence-electron chi connectivity index (χ1n) is 9.81. The maximum Gasteiger partial charge on any atom is 0.272 e. The summed E-state index contributed by atoms with van der Waals surface area (Å²) in [4.78, 5) is 26.2. The Morgan fingerprint density at radius 3 is 2.74 bits per heavy atom. The molecule has 0 saturated carbocycles. The number of nitrogens with one attached hydrogen (secondary N) is 1. The number of rotatable bonds is 4. The van der Waals surface area contributed by atoms with Crippen LogP contribution in [0.3, 0.4) is 0 Å². The number of carbonyl (C=O) groups is 1. The Kier molecular flexibility index (Phi) is 4.47. The highest BCUT2D eigenvalue weighted by atomic mass is 16.7. The average molecular weight is 417 g/mol. The SMILES string of the molecule is Cc1ccc([C@H]2Nc3ccccc3C(=O)N2Cc2ccc3c(c2)OCO3)cc1[N+](=O)[O-]. The second kappa shape index (κ2) is 7.32. The number of anilines is 1. The summed E-state index contributed by atoms with van der Waals surface area (Å²) in [7, 11) is 0. The third kappa shape index (κ3) is 3.31. The molecule has 3 aromatic carbocycles. The molecule has 1 amide bonds. The lowest BCUT2D eigenvalue weighted by molar-refractivity contribution is -0.385. The summed E-state index contributed by atoms with van der Waals surface area (Å²) in [6, 6.07) is 17.9. The summed E-state index contributed by atoms with van der Waals surface area (Å²) in [5.74, 6) is 1.15. The van der Waals surface area contributed by atoms with E-state index in [0.29, 0.717) is 40.4 Å². The number of nitro groups is 1. The number of nitro benzene ring substituents is 1. The standard InChI is InChI=1S/C23H19N3O5/c1-14-6-8-16(11-19(14)26(28)29)22-24-18-5-3-2-4-17(18)23(27)25(22)12-15-7-9-20-21(10-15)31-13-30-20/h2-11,22,24H,12-13H2,1H3/t22-/m0/s1. The van der Waals surface area contributed by atoms with E-state index >= 15 is 0 Å². The van der Waals surface area contributed by atoms with Crippen molar-refractivity contribution in [1.29, 1.82) is 0 Å². The van der Waals surface area contributed by atoms with E-state index < -0.39 is 11.1 Å². The second-order valence-corrected chi connectivity index (χ2v) is 7.52. The molecule has 0 radical (unpaired) electrons. The third-order valence-corrected chi connectivity index (χ3v) is 5.56. The molecule has 2 heterocycles. The van der Waals surface area contributed by atoms with Crippen LogP contribution in [0.2, 0.25) is 0 Å². The van der Waals surface area contributed by atoms with E-state index in [-0.39, 0.29) is 18.4 Å². The smallest absolute Gasteiger partial charge is 0.272 e. The van der Waals surface area contributed by atoms with Crippen molar-refractivity contribution >= 4 is 17.3 Å². The molecule has 8 nitrogen and oxygen atoms in total. The fourth-order valence-corrected chi connectivity index (χ4v) is 3.95. The van der Waals surface area contributed by atoms with Crippen LogP contribution in [-0.4, -0.2) is 22.5 Å². The predicted octanol–water partition coefficient (Wildman–Crippen LogP) is 4.40. The highest BCUT2D eigenvalue weighted by Gasteiger charge is 2.34. The maximum absolute atomic E-state index is 13.4. The molecule has 0 spiro atoms. The van der Waals surface area contributed by atoms with E-state index in [9.17, 15) is 14.9 Å². The zero-order valence-corrected chi connectivity index (χ0v) is 16.7. The van der Waals surface area contributed by atoms with E-state index in [1.54, 1.807) is 24.0 Å². The number of amides is 1. The second-order valence-electron chi connectivity index (χ2n) is 7.52. The zero-order chi connectivity index (χ0) is 21.5. The first-order chi connectivity index (χ1) is 15.0. The van der Waals surface area contributed by atoms with Gasteiger partial charge in [0.05, 0.1) is 10.5 Å². The number of aryl methyl sites for hydroxylation is 1. The van der Waals surface area contributed by atoms with Gasteiger partial charge in [0, 0.05) is 29.4 Å². The molecule has 0 aliphatic carbocycles. The Morgan fingerprint density at radius 2 is 1.90 bits per heavy atom. The highest BCUT2D eigenvalue weighted by Crippen LogP contribution is 2.37. The minimum absolute atomic E-state index is 0.0219. The van der Waals surface area contributed by atoms with E-state index in [1.165, 1.54) is 6.07 Å². The van der Waals surface area contributed by atoms with Crippen molar-refractivity contribution in [2.75, 3.05) is 12.1 Å². The van der Waals surface area contributed by atoms with Gasteiger partial charge < -0.3 is 19.7 Å². The van der Waals surface area contributed by atoms with Crippen LogP contribution in [0.1, 0.15) is 33.2 Å². The lowest BCUT2D eigenvalue weighted by atomic mass is 10.0. The molecular weight excluding hydrogens is 398 g/mol. The molecule has 3 aromatic rings. The topological polar surface area (TPSA) is 93.9 Å². The summed E-state index contributed by atoms with van der Waals surface area (Å²) in [6.07, 6.45) is -0.563. The number of ether oxygens (including phenoxy) is 2. The van der Waals surface area contributed by atoms with Gasteiger partial charge in [0.1, 0.15) is 6.17 Å². The molecule has 1 atom stereocenters. The van der Waals surface area contributed by atoms with Gasteiger partial charge in [0.2, 0.25) is 6.79 Å². The number of benzene rings is 3. The highest BCUT2D eigenvalue weighted by molar-refractivity contribution is 6.01. The number of nitrogens with zero attached hydrogens (tertiary/aromatic N) is 2. The van der Waals surface area contributed by atoms with Crippen molar-refractivity contribution in [3.05, 3.63) is 93.0 Å². The van der Waals surface area contributed by atoms with Gasteiger partial charge in [0.15, 0.2) is 11.5 Å². The first-order valence-corrected chi connectivity index (χ1v) is 9.81. The van der Waals surface area contributed by atoms with Gasteiger partial charge in [-0.25, -0.2) is 0 Å². The summed E-state index contributed by atoms with van der Waals surface area (Å²) in [6.45, 7) is 2.16. The minimum atomic E-state index is -0.563. The molecule has 31 heavy (non-hydrogen) atoms. The van der Waals surface area contributed by atoms with Crippen molar-refractivity contribution in [3.63, 3.8) is 0 Å². The lowest BCUT2D eigenvalue weighted by Gasteiger charge is -2.38. The van der Waals surface area contributed by atoms with Crippen LogP contribution in [0.15, 0.2) is 60.7 Å². The number of para-hydroxylation sites is 1. The molecule has 0 bridgehead atoms. The summed E-state index contributed by atoms with van der Waals surface area (Å²) in [5, 5.41) is 14.9. The Hall–Kier alpha value is -4.07. The van der Waals surface area contributed by atoms with Crippen molar-refractivity contribution in [1.82, 2.24) is 4.90 Å². The Morgan fingerprint density at radius 1 is 1.10 bits per heavy atom. The quantitative estimate of drug-likeness (QED) is 0.500. The molecule has 0 fully saturated rings. The van der Waals surface area contributed by atoms with Gasteiger partial charge in [-0.2, -0.15) is 0 Å². The molecule has 156 valence electrons. The first kappa shape index (κ1) is 18.9. The molecule has 1 N–H and O–H groups in total. The number of fused-ring (bicyclic) bond motifs is 2. The van der Waals surface area contributed by atoms with Gasteiger partial charge in [0.25, 0.3) is 11.6 Å². The van der Waals surface area contributed by atoms with E-state index in [2.05, 4.69) is 5.32 Å². The Labute approximate surface area is 178 Å². The van der Waals surface area contributed by atoms with Crippen LogP contribution in [0.4, 0.5) is 11.4 Å². The summed E-state index contributed by atoms with van der Waals surface area (Å²) >= 11 is 0. The molecule has 0 saturated heterocycles. The fourth-order valence-electron chi connectivity index (χ4n) is 3.95. The van der Waals surface area contributed by atoms with E-state index in [4.69, 9.17) is 9.47 Å². The van der Waals surface area contributed by atoms with Crippen LogP contribution < -0.4 is 14.8 Å². The summed E-state index contributed by atoms with van der Waals surface area (Å²) < 4.78 is 10.8. The number of hydrogen-bond acceptors (Lipinski definition) is 6. The van der Waals surface area contributed by atoms with Gasteiger partial charge in [-0.3, -0.25) is 14.9 Å². The van der Waals surface area contributed by atoms with Crippen LogP contribution in [-0.2, 0) is 6.54 Å². The normalized spacial score (nSPS) is 16.6. The van der Waals surface area contributed by atoms with Crippen molar-refractivity contribution in [3.8, 4) is 11.5 Å². The van der Waals surface area contributed by atoms with Gasteiger partial charge >= 0.3 is 0 Å². The Balaban J connectivity index is 1.56. The van der Waals surface area contributed by atoms with Crippen molar-refractivity contribution < 1.29 is 19.2 Å². The molecule has 2 aliphatic rings. The zero-order valence-electron chi connectivity index (χ0n) is 16.7. The van der Waals surface area contributed by atoms with Gasteiger partial charge in [-0.1, -0.05) is 30.3 Å². The summed E-state index contributed by atoms with van der Waals surface area (Å²) in [5.41, 5.74) is 3.35. The molecular formula is C23H19N3O5. The van der Waals surface area contributed by atoms with Crippen LogP contribution >= 0.6 is 0 Å². The van der Waals surface area contributed by atoms with Crippen molar-refractivity contribution in [2.45, 2.75) is 19.6 Å². The van der Waals surface area contributed by atoms with Crippen LogP contribution in [0.5, 0.6) is 11.5 Å². The minimum Gasteiger partial charge on any atom is -0.454 e. The van der Waals surface area contributed by atoms with Gasteiger partial charge in [-0.05, 0) is 36.8 Å². The van der Waals surface area contributed by atoms with Crippen LogP contribution in [0.25, 0.3) is 0 Å². The average Bonchev–Trinajstić information content (AvgIpc) is 3.24.